The fourth-order valence-corrected chi connectivity index (χ4v) is 1.28. The van der Waals surface area contributed by atoms with Crippen LogP contribution in [0.1, 0.15) is 24.4 Å². The van der Waals surface area contributed by atoms with Crippen LogP contribution >= 0.6 is 11.6 Å². The number of aromatic nitrogens is 3. The van der Waals surface area contributed by atoms with E-state index in [0.29, 0.717) is 19.8 Å². The first-order valence-electron chi connectivity index (χ1n) is 5.35. The van der Waals surface area contributed by atoms with Gasteiger partial charge in [0.05, 0.1) is 18.6 Å². The maximum atomic E-state index is 5.88. The molecule has 0 radical (unpaired) electrons. The van der Waals surface area contributed by atoms with Gasteiger partial charge < -0.3 is 9.47 Å². The van der Waals surface area contributed by atoms with Crippen LogP contribution < -0.4 is 0 Å². The van der Waals surface area contributed by atoms with E-state index in [1.807, 2.05) is 13.1 Å². The van der Waals surface area contributed by atoms with E-state index in [1.54, 1.807) is 11.8 Å². The largest absolute Gasteiger partial charge is 0.382 e. The van der Waals surface area contributed by atoms with E-state index in [0.717, 1.165) is 18.7 Å². The molecular weight excluding hydrogens is 230 g/mol. The highest BCUT2D eigenvalue weighted by Gasteiger charge is 2.05. The Labute approximate surface area is 101 Å². The van der Waals surface area contributed by atoms with Gasteiger partial charge >= 0.3 is 0 Å². The van der Waals surface area contributed by atoms with Crippen molar-refractivity contribution in [2.45, 2.75) is 25.3 Å². The van der Waals surface area contributed by atoms with Gasteiger partial charge in [-0.1, -0.05) is 5.21 Å². The Morgan fingerprint density at radius 2 is 2.25 bits per heavy atom. The van der Waals surface area contributed by atoms with Crippen LogP contribution in [0, 0.1) is 0 Å². The molecule has 0 saturated heterocycles. The van der Waals surface area contributed by atoms with Gasteiger partial charge in [0.15, 0.2) is 0 Å². The number of ether oxygens (including phenoxy) is 2. The second-order valence-corrected chi connectivity index (χ2v) is 4.14. The minimum absolute atomic E-state index is 0.0910. The molecular formula is C10H18ClN3O2. The van der Waals surface area contributed by atoms with Gasteiger partial charge in [0.2, 0.25) is 0 Å². The summed E-state index contributed by atoms with van der Waals surface area (Å²) in [4.78, 5) is 0. The van der Waals surface area contributed by atoms with Gasteiger partial charge in [0.1, 0.15) is 5.69 Å². The summed E-state index contributed by atoms with van der Waals surface area (Å²) in [6.07, 6.45) is 2.77. The van der Waals surface area contributed by atoms with Gasteiger partial charge in [-0.25, -0.2) is 0 Å². The first-order valence-corrected chi connectivity index (χ1v) is 5.78. The van der Waals surface area contributed by atoms with Gasteiger partial charge in [0.25, 0.3) is 0 Å². The van der Waals surface area contributed by atoms with Crippen molar-refractivity contribution >= 4 is 11.6 Å². The normalized spacial score (nSPS) is 12.9. The molecule has 0 aliphatic heterocycles. The molecule has 92 valence electrons. The van der Waals surface area contributed by atoms with Crippen molar-refractivity contribution in [3.8, 4) is 0 Å². The quantitative estimate of drug-likeness (QED) is 0.518. The average molecular weight is 248 g/mol. The highest BCUT2D eigenvalue weighted by Crippen LogP contribution is 2.15. The number of hydrogen-bond donors (Lipinski definition) is 0. The fraction of sp³-hybridized carbons (Fsp3) is 0.800. The van der Waals surface area contributed by atoms with Crippen LogP contribution in [0.5, 0.6) is 0 Å². The van der Waals surface area contributed by atoms with E-state index in [4.69, 9.17) is 21.1 Å². The van der Waals surface area contributed by atoms with Crippen molar-refractivity contribution in [2.24, 2.45) is 0 Å². The number of hydrogen-bond acceptors (Lipinski definition) is 4. The topological polar surface area (TPSA) is 49.2 Å². The highest BCUT2D eigenvalue weighted by molar-refractivity contribution is 6.20. The van der Waals surface area contributed by atoms with E-state index in [1.165, 1.54) is 0 Å². The molecule has 0 bridgehead atoms. The Kier molecular flexibility index (Phi) is 6.37. The number of rotatable bonds is 8. The summed E-state index contributed by atoms with van der Waals surface area (Å²) < 4.78 is 12.0. The first kappa shape index (κ1) is 13.4. The summed E-state index contributed by atoms with van der Waals surface area (Å²) in [5.74, 6) is 0. The van der Waals surface area contributed by atoms with E-state index in [9.17, 15) is 0 Å². The zero-order valence-electron chi connectivity index (χ0n) is 9.73. The first-order chi connectivity index (χ1) is 7.74. The molecule has 0 saturated carbocycles. The predicted molar refractivity (Wildman–Crippen MR) is 61.6 cm³/mol. The third-order valence-corrected chi connectivity index (χ3v) is 2.30. The number of methoxy groups -OCH3 is 1. The molecule has 0 fully saturated rings. The van der Waals surface area contributed by atoms with Crippen LogP contribution in [-0.4, -0.2) is 41.9 Å². The van der Waals surface area contributed by atoms with Gasteiger partial charge in [-0.15, -0.1) is 16.7 Å². The Bertz CT molecular complexity index is 291. The maximum absolute atomic E-state index is 5.88. The summed E-state index contributed by atoms with van der Waals surface area (Å²) in [7, 11) is 1.66. The number of alkyl halides is 1. The SMILES string of the molecule is COCCOCCCn1cc(C(C)Cl)nn1. The van der Waals surface area contributed by atoms with Gasteiger partial charge in [-0.3, -0.25) is 4.68 Å². The maximum Gasteiger partial charge on any atom is 0.100 e. The summed E-state index contributed by atoms with van der Waals surface area (Å²) >= 11 is 5.88. The van der Waals surface area contributed by atoms with Crippen molar-refractivity contribution < 1.29 is 9.47 Å². The van der Waals surface area contributed by atoms with Crippen LogP contribution in [0.4, 0.5) is 0 Å². The van der Waals surface area contributed by atoms with E-state index < -0.39 is 0 Å². The lowest BCUT2D eigenvalue weighted by Crippen LogP contribution is -2.06. The van der Waals surface area contributed by atoms with E-state index >= 15 is 0 Å². The molecule has 1 atom stereocenters. The molecule has 1 aromatic rings. The van der Waals surface area contributed by atoms with E-state index in [2.05, 4.69) is 10.3 Å². The summed E-state index contributed by atoms with van der Waals surface area (Å²) in [6, 6.07) is 0. The van der Waals surface area contributed by atoms with Crippen LogP contribution in [0.15, 0.2) is 6.20 Å². The summed E-state index contributed by atoms with van der Waals surface area (Å²) in [5, 5.41) is 7.85. The predicted octanol–water partition coefficient (Wildman–Crippen LogP) is 1.63. The van der Waals surface area contributed by atoms with Crippen molar-refractivity contribution in [1.82, 2.24) is 15.0 Å². The molecule has 1 rings (SSSR count). The third-order valence-electron chi connectivity index (χ3n) is 2.07. The standard InChI is InChI=1S/C10H18ClN3O2/c1-9(11)10-8-14(13-12-10)4-3-5-16-7-6-15-2/h8-9H,3-7H2,1-2H3. The Morgan fingerprint density at radius 1 is 1.44 bits per heavy atom. The summed E-state index contributed by atoms with van der Waals surface area (Å²) in [5.41, 5.74) is 0.807. The molecule has 5 nitrogen and oxygen atoms in total. The Morgan fingerprint density at radius 3 is 2.88 bits per heavy atom. The molecule has 1 aromatic heterocycles. The zero-order chi connectivity index (χ0) is 11.8. The number of halogens is 1. The summed E-state index contributed by atoms with van der Waals surface area (Å²) in [6.45, 7) is 4.65. The number of nitrogens with zero attached hydrogens (tertiary/aromatic N) is 3. The lowest BCUT2D eigenvalue weighted by molar-refractivity contribution is 0.0676. The molecule has 1 unspecified atom stereocenters. The lowest BCUT2D eigenvalue weighted by Gasteiger charge is -2.03. The van der Waals surface area contributed by atoms with Crippen LogP contribution in [-0.2, 0) is 16.0 Å². The van der Waals surface area contributed by atoms with Crippen LogP contribution in [0.25, 0.3) is 0 Å². The molecule has 0 aliphatic carbocycles. The van der Waals surface area contributed by atoms with Crippen molar-refractivity contribution in [1.29, 1.82) is 0 Å². The average Bonchev–Trinajstić information content (AvgIpc) is 2.72. The molecule has 0 aromatic carbocycles. The van der Waals surface area contributed by atoms with Crippen molar-refractivity contribution in [3.05, 3.63) is 11.9 Å². The molecule has 0 spiro atoms. The minimum atomic E-state index is -0.0910. The molecule has 0 amide bonds. The van der Waals surface area contributed by atoms with Crippen LogP contribution in [0.2, 0.25) is 0 Å². The molecule has 16 heavy (non-hydrogen) atoms. The van der Waals surface area contributed by atoms with Crippen LogP contribution in [0.3, 0.4) is 0 Å². The van der Waals surface area contributed by atoms with Crippen molar-refractivity contribution in [2.75, 3.05) is 26.9 Å². The molecule has 0 aliphatic rings. The highest BCUT2D eigenvalue weighted by atomic mass is 35.5. The second-order valence-electron chi connectivity index (χ2n) is 3.48. The minimum Gasteiger partial charge on any atom is -0.382 e. The van der Waals surface area contributed by atoms with Gasteiger partial charge in [-0.2, -0.15) is 0 Å². The zero-order valence-corrected chi connectivity index (χ0v) is 10.5. The second kappa shape index (κ2) is 7.60. The van der Waals surface area contributed by atoms with E-state index in [-0.39, 0.29) is 5.38 Å². The van der Waals surface area contributed by atoms with Crippen molar-refractivity contribution in [3.63, 3.8) is 0 Å². The number of aryl methyl sites for hydroxylation is 1. The lowest BCUT2D eigenvalue weighted by atomic mass is 10.4. The molecule has 0 N–H and O–H groups in total. The smallest absolute Gasteiger partial charge is 0.100 e. The molecule has 6 heteroatoms. The fourth-order valence-electron chi connectivity index (χ4n) is 1.18. The van der Waals surface area contributed by atoms with Gasteiger partial charge in [-0.05, 0) is 13.3 Å². The van der Waals surface area contributed by atoms with Gasteiger partial charge in [0, 0.05) is 26.5 Å². The monoisotopic (exact) mass is 247 g/mol. The third kappa shape index (κ3) is 4.92. The molecule has 1 heterocycles. The Hall–Kier alpha value is -0.650. The Balaban J connectivity index is 2.12.